The van der Waals surface area contributed by atoms with E-state index in [1.165, 1.54) is 6.92 Å². The molecule has 2 N–H and O–H groups in total. The lowest BCUT2D eigenvalue weighted by Crippen LogP contribution is -2.03. The maximum atomic E-state index is 11.4. The van der Waals surface area contributed by atoms with Crippen LogP contribution in [0.5, 0.6) is 0 Å². The molecule has 0 saturated carbocycles. The van der Waals surface area contributed by atoms with E-state index < -0.39 is 0 Å². The van der Waals surface area contributed by atoms with E-state index in [1.54, 1.807) is 36.4 Å². The van der Waals surface area contributed by atoms with Gasteiger partial charge < -0.3 is 10.6 Å². The Balaban J connectivity index is 1.83. The second kappa shape index (κ2) is 7.72. The molecule has 0 aliphatic carbocycles. The van der Waals surface area contributed by atoms with Gasteiger partial charge in [-0.05, 0) is 56.3 Å². The summed E-state index contributed by atoms with van der Waals surface area (Å²) in [5, 5.41) is 7.40. The van der Waals surface area contributed by atoms with Gasteiger partial charge in [0.05, 0.1) is 10.7 Å². The van der Waals surface area contributed by atoms with Crippen molar-refractivity contribution < 1.29 is 4.79 Å². The fourth-order valence-corrected chi connectivity index (χ4v) is 2.67. The number of hydrogen-bond acceptors (Lipinski definition) is 5. The highest BCUT2D eigenvalue weighted by Crippen LogP contribution is 2.28. The summed E-state index contributed by atoms with van der Waals surface area (Å²) in [5.74, 6) is 1.04. The molecule has 0 atom stereocenters. The summed E-state index contributed by atoms with van der Waals surface area (Å²) in [5.41, 5.74) is 2.88. The largest absolute Gasteiger partial charge is 0.339 e. The number of carbonyl (C=O) groups excluding carboxylic acids is 1. The Labute approximate surface area is 161 Å². The maximum Gasteiger partial charge on any atom is 0.229 e. The van der Waals surface area contributed by atoms with Crippen LogP contribution in [0, 0.1) is 6.92 Å². The molecule has 0 spiro atoms. The van der Waals surface area contributed by atoms with Crippen LogP contribution >= 0.6 is 23.2 Å². The lowest BCUT2D eigenvalue weighted by atomic mass is 10.1. The number of halogens is 2. The average Bonchev–Trinajstić information content (AvgIpc) is 2.58. The van der Waals surface area contributed by atoms with Gasteiger partial charge in [-0.2, -0.15) is 4.98 Å². The van der Waals surface area contributed by atoms with Crippen molar-refractivity contribution in [2.45, 2.75) is 13.8 Å². The number of aromatic nitrogens is 2. The molecular weight excluding hydrogens is 371 g/mol. The molecular formula is C19H16Cl2N4O. The molecule has 0 fully saturated rings. The first-order chi connectivity index (χ1) is 12.4. The monoisotopic (exact) mass is 386 g/mol. The Morgan fingerprint density at radius 1 is 0.962 bits per heavy atom. The number of aryl methyl sites for hydroxylation is 1. The molecule has 0 saturated heterocycles. The smallest absolute Gasteiger partial charge is 0.229 e. The summed E-state index contributed by atoms with van der Waals surface area (Å²) in [7, 11) is 0. The predicted molar refractivity (Wildman–Crippen MR) is 106 cm³/mol. The van der Waals surface area contributed by atoms with Gasteiger partial charge in [-0.15, -0.1) is 0 Å². The second-order valence-corrected chi connectivity index (χ2v) is 6.57. The fraction of sp³-hybridized carbons (Fsp3) is 0.105. The summed E-state index contributed by atoms with van der Waals surface area (Å²) in [6, 6.07) is 14.1. The highest BCUT2D eigenvalue weighted by atomic mass is 35.5. The minimum absolute atomic E-state index is 0.0215. The summed E-state index contributed by atoms with van der Waals surface area (Å²) in [4.78, 5) is 20.2. The van der Waals surface area contributed by atoms with E-state index in [4.69, 9.17) is 23.2 Å². The molecule has 132 valence electrons. The lowest BCUT2D eigenvalue weighted by molar-refractivity contribution is 0.101. The second-order valence-electron chi connectivity index (χ2n) is 5.73. The van der Waals surface area contributed by atoms with E-state index in [2.05, 4.69) is 20.6 Å². The highest BCUT2D eigenvalue weighted by Gasteiger charge is 2.07. The highest BCUT2D eigenvalue weighted by molar-refractivity contribution is 6.35. The fourth-order valence-electron chi connectivity index (χ4n) is 2.34. The van der Waals surface area contributed by atoms with Gasteiger partial charge in [0, 0.05) is 28.0 Å². The van der Waals surface area contributed by atoms with E-state index in [1.807, 2.05) is 19.1 Å². The molecule has 1 heterocycles. The third kappa shape index (κ3) is 4.50. The first-order valence-electron chi connectivity index (χ1n) is 7.86. The summed E-state index contributed by atoms with van der Waals surface area (Å²) in [6.45, 7) is 3.40. The molecule has 0 unspecified atom stereocenters. The quantitative estimate of drug-likeness (QED) is 0.543. The normalized spacial score (nSPS) is 10.5. The topological polar surface area (TPSA) is 66.9 Å². The van der Waals surface area contributed by atoms with E-state index in [-0.39, 0.29) is 5.78 Å². The minimum atomic E-state index is 0.0215. The molecule has 0 aliphatic heterocycles. The van der Waals surface area contributed by atoms with Crippen LogP contribution in [0.2, 0.25) is 10.0 Å². The van der Waals surface area contributed by atoms with Crippen molar-refractivity contribution >= 4 is 52.1 Å². The zero-order valence-electron chi connectivity index (χ0n) is 14.2. The van der Waals surface area contributed by atoms with Gasteiger partial charge >= 0.3 is 0 Å². The third-order valence-corrected chi connectivity index (χ3v) is 4.16. The molecule has 0 aliphatic rings. The third-order valence-electron chi connectivity index (χ3n) is 3.59. The van der Waals surface area contributed by atoms with Crippen LogP contribution in [-0.4, -0.2) is 15.8 Å². The SMILES string of the molecule is CC(=O)c1ccc(Nc2nc(C)cc(Nc3cc(Cl)ccc3Cl)n2)cc1. The van der Waals surface area contributed by atoms with Crippen molar-refractivity contribution in [2.24, 2.45) is 0 Å². The molecule has 3 aromatic rings. The van der Waals surface area contributed by atoms with E-state index in [0.29, 0.717) is 33.1 Å². The van der Waals surface area contributed by atoms with Crippen molar-refractivity contribution in [1.82, 2.24) is 9.97 Å². The number of nitrogens with one attached hydrogen (secondary N) is 2. The number of rotatable bonds is 5. The molecule has 1 aromatic heterocycles. The number of hydrogen-bond donors (Lipinski definition) is 2. The minimum Gasteiger partial charge on any atom is -0.339 e. The van der Waals surface area contributed by atoms with Gasteiger partial charge in [0.25, 0.3) is 0 Å². The first-order valence-corrected chi connectivity index (χ1v) is 8.62. The van der Waals surface area contributed by atoms with Gasteiger partial charge in [-0.1, -0.05) is 23.2 Å². The van der Waals surface area contributed by atoms with Crippen LogP contribution in [0.3, 0.4) is 0 Å². The zero-order chi connectivity index (χ0) is 18.7. The maximum absolute atomic E-state index is 11.4. The van der Waals surface area contributed by atoms with Gasteiger partial charge in [-0.25, -0.2) is 4.98 Å². The Hall–Kier alpha value is -2.63. The first kappa shape index (κ1) is 18.2. The molecule has 0 bridgehead atoms. The molecule has 0 radical (unpaired) electrons. The van der Waals surface area contributed by atoms with E-state index >= 15 is 0 Å². The van der Waals surface area contributed by atoms with Crippen LogP contribution in [-0.2, 0) is 0 Å². The predicted octanol–water partition coefficient (Wildman–Crippen LogP) is 5.78. The van der Waals surface area contributed by atoms with Crippen molar-refractivity contribution in [1.29, 1.82) is 0 Å². The number of anilines is 4. The Morgan fingerprint density at radius 3 is 2.38 bits per heavy atom. The Morgan fingerprint density at radius 2 is 1.69 bits per heavy atom. The zero-order valence-corrected chi connectivity index (χ0v) is 15.7. The molecule has 3 rings (SSSR count). The number of benzene rings is 2. The summed E-state index contributed by atoms with van der Waals surface area (Å²) in [6.07, 6.45) is 0. The molecule has 26 heavy (non-hydrogen) atoms. The number of ketones is 1. The van der Waals surface area contributed by atoms with Crippen molar-refractivity contribution in [3.05, 3.63) is 69.8 Å². The van der Waals surface area contributed by atoms with Crippen LogP contribution in [0.1, 0.15) is 23.0 Å². The van der Waals surface area contributed by atoms with Crippen LogP contribution in [0.15, 0.2) is 48.5 Å². The van der Waals surface area contributed by atoms with Crippen molar-refractivity contribution in [2.75, 3.05) is 10.6 Å². The number of carbonyl (C=O) groups is 1. The van der Waals surface area contributed by atoms with Gasteiger partial charge in [0.1, 0.15) is 5.82 Å². The Bertz CT molecular complexity index is 958. The summed E-state index contributed by atoms with van der Waals surface area (Å²) < 4.78 is 0. The van der Waals surface area contributed by atoms with E-state index in [9.17, 15) is 4.79 Å². The van der Waals surface area contributed by atoms with Crippen LogP contribution < -0.4 is 10.6 Å². The van der Waals surface area contributed by atoms with Crippen LogP contribution in [0.25, 0.3) is 0 Å². The summed E-state index contributed by atoms with van der Waals surface area (Å²) >= 11 is 12.2. The molecule has 7 heteroatoms. The van der Waals surface area contributed by atoms with E-state index in [0.717, 1.165) is 11.4 Å². The number of nitrogens with zero attached hydrogens (tertiary/aromatic N) is 2. The lowest BCUT2D eigenvalue weighted by Gasteiger charge is -2.11. The van der Waals surface area contributed by atoms with Crippen molar-refractivity contribution in [3.8, 4) is 0 Å². The molecule has 5 nitrogen and oxygen atoms in total. The van der Waals surface area contributed by atoms with Gasteiger partial charge in [0.15, 0.2) is 5.78 Å². The Kier molecular flexibility index (Phi) is 5.40. The van der Waals surface area contributed by atoms with Crippen molar-refractivity contribution in [3.63, 3.8) is 0 Å². The molecule has 0 amide bonds. The number of Topliss-reactive ketones (excluding diaryl/α,β-unsaturated/α-hetero) is 1. The van der Waals surface area contributed by atoms with Gasteiger partial charge in [0.2, 0.25) is 5.95 Å². The standard InChI is InChI=1S/C19H16Cl2N4O/c1-11-9-18(24-17-10-14(20)5-8-16(17)21)25-19(22-11)23-15-6-3-13(4-7-15)12(2)26/h3-10H,1-2H3,(H2,22,23,24,25). The average molecular weight is 387 g/mol. The molecule has 2 aromatic carbocycles. The van der Waals surface area contributed by atoms with Gasteiger partial charge in [-0.3, -0.25) is 4.79 Å². The van der Waals surface area contributed by atoms with Crippen LogP contribution in [0.4, 0.5) is 23.1 Å².